The first-order valence-corrected chi connectivity index (χ1v) is 11.0. The molecule has 140 valence electrons. The van der Waals surface area contributed by atoms with Crippen LogP contribution in [0.1, 0.15) is 70.5 Å². The summed E-state index contributed by atoms with van der Waals surface area (Å²) in [4.78, 5) is 2.48. The second-order valence-electron chi connectivity index (χ2n) is 8.77. The fraction of sp³-hybridized carbons (Fsp3) is 0.700. The zero-order chi connectivity index (χ0) is 18.4. The van der Waals surface area contributed by atoms with E-state index in [1.165, 1.54) is 11.1 Å². The largest absolute Gasteiger partial charge is 0.289 e. The molecule has 1 aliphatic heterocycles. The molecule has 1 saturated heterocycles. The highest BCUT2D eigenvalue weighted by molar-refractivity contribution is 7.90. The Kier molecular flexibility index (Phi) is 5.04. The highest BCUT2D eigenvalue weighted by Gasteiger charge is 2.45. The molecule has 4 nitrogen and oxygen atoms in total. The lowest BCUT2D eigenvalue weighted by Gasteiger charge is -2.48. The third kappa shape index (κ3) is 3.79. The zero-order valence-corrected chi connectivity index (χ0v) is 17.0. The van der Waals surface area contributed by atoms with Crippen molar-refractivity contribution in [3.63, 3.8) is 0 Å². The molecule has 1 aromatic carbocycles. The number of benzene rings is 1. The summed E-state index contributed by atoms with van der Waals surface area (Å²) >= 11 is 0. The summed E-state index contributed by atoms with van der Waals surface area (Å²) in [5.74, 6) is 0.424. The van der Waals surface area contributed by atoms with Gasteiger partial charge in [-0.15, -0.1) is 0 Å². The highest BCUT2D eigenvalue weighted by Crippen LogP contribution is 2.39. The van der Waals surface area contributed by atoms with Crippen molar-refractivity contribution in [2.45, 2.75) is 70.2 Å². The van der Waals surface area contributed by atoms with Gasteiger partial charge in [0.2, 0.25) is 10.0 Å². The highest BCUT2D eigenvalue weighted by atomic mass is 32.2. The first-order valence-electron chi connectivity index (χ1n) is 9.47. The number of hydrogen-bond donors (Lipinski definition) is 0. The smallest absolute Gasteiger partial charge is 0.217 e. The van der Waals surface area contributed by atoms with E-state index in [4.69, 9.17) is 0 Å². The van der Waals surface area contributed by atoms with Crippen LogP contribution in [0, 0.1) is 0 Å². The quantitative estimate of drug-likeness (QED) is 0.817. The van der Waals surface area contributed by atoms with Crippen molar-refractivity contribution >= 4 is 10.0 Å². The Morgan fingerprint density at radius 3 is 2.28 bits per heavy atom. The first kappa shape index (κ1) is 18.9. The molecule has 2 fully saturated rings. The van der Waals surface area contributed by atoms with E-state index in [-0.39, 0.29) is 16.8 Å². The summed E-state index contributed by atoms with van der Waals surface area (Å²) < 4.78 is 27.4. The number of sulfonamides is 1. The van der Waals surface area contributed by atoms with E-state index in [0.29, 0.717) is 19.0 Å². The Hall–Kier alpha value is -0.910. The molecule has 1 aliphatic carbocycles. The minimum Gasteiger partial charge on any atom is -0.289 e. The second kappa shape index (κ2) is 6.67. The van der Waals surface area contributed by atoms with Gasteiger partial charge in [0.15, 0.2) is 0 Å². The Morgan fingerprint density at radius 2 is 1.72 bits per heavy atom. The van der Waals surface area contributed by atoms with Crippen molar-refractivity contribution in [2.24, 2.45) is 0 Å². The molecular weight excluding hydrogens is 332 g/mol. The van der Waals surface area contributed by atoms with Crippen LogP contribution < -0.4 is 0 Å². The first-order chi connectivity index (χ1) is 11.6. The average molecular weight is 365 g/mol. The molecule has 1 heterocycles. The van der Waals surface area contributed by atoms with Crippen molar-refractivity contribution in [3.8, 4) is 0 Å². The van der Waals surface area contributed by atoms with Crippen molar-refractivity contribution in [1.82, 2.24) is 9.21 Å². The topological polar surface area (TPSA) is 40.6 Å². The molecule has 0 spiro atoms. The summed E-state index contributed by atoms with van der Waals surface area (Å²) in [7, 11) is -3.13. The maximum absolute atomic E-state index is 12.8. The maximum Gasteiger partial charge on any atom is 0.217 e. The minimum absolute atomic E-state index is 0.00416. The van der Waals surface area contributed by atoms with E-state index < -0.39 is 10.0 Å². The average Bonchev–Trinajstić information content (AvgIpc) is 3.38. The van der Waals surface area contributed by atoms with Crippen LogP contribution in [-0.2, 0) is 10.0 Å². The SMILES string of the molecule is CC(C)c1ccccc1C1CN(S(=O)(=O)C2CC2)CCN1C(C)(C)C. The van der Waals surface area contributed by atoms with Crippen LogP contribution >= 0.6 is 0 Å². The van der Waals surface area contributed by atoms with E-state index in [9.17, 15) is 8.42 Å². The van der Waals surface area contributed by atoms with Crippen LogP contribution in [0.4, 0.5) is 0 Å². The molecule has 5 heteroatoms. The maximum atomic E-state index is 12.8. The Balaban J connectivity index is 1.98. The molecule has 0 N–H and O–H groups in total. The molecule has 1 aromatic rings. The number of hydrogen-bond acceptors (Lipinski definition) is 3. The third-order valence-corrected chi connectivity index (χ3v) is 7.85. The monoisotopic (exact) mass is 364 g/mol. The lowest BCUT2D eigenvalue weighted by atomic mass is 9.89. The lowest BCUT2D eigenvalue weighted by molar-refractivity contribution is 0.0343. The van der Waals surface area contributed by atoms with Gasteiger partial charge in [0.05, 0.1) is 5.25 Å². The molecule has 0 radical (unpaired) electrons. The lowest BCUT2D eigenvalue weighted by Crippen LogP contribution is -2.56. The normalized spacial score (nSPS) is 24.0. The molecular formula is C20H32N2O2S. The van der Waals surface area contributed by atoms with Crippen LogP contribution in [0.15, 0.2) is 24.3 Å². The predicted octanol–water partition coefficient (Wildman–Crippen LogP) is 3.76. The van der Waals surface area contributed by atoms with Gasteiger partial charge in [-0.3, -0.25) is 4.90 Å². The fourth-order valence-corrected chi connectivity index (χ4v) is 5.81. The predicted molar refractivity (Wildman–Crippen MR) is 103 cm³/mol. The molecule has 0 aromatic heterocycles. The molecule has 3 rings (SSSR count). The number of rotatable bonds is 4. The van der Waals surface area contributed by atoms with E-state index in [1.807, 2.05) is 0 Å². The van der Waals surface area contributed by atoms with Crippen LogP contribution in [-0.4, -0.2) is 48.0 Å². The molecule has 1 saturated carbocycles. The van der Waals surface area contributed by atoms with Gasteiger partial charge in [0.25, 0.3) is 0 Å². The molecule has 1 atom stereocenters. The van der Waals surface area contributed by atoms with Crippen LogP contribution in [0.25, 0.3) is 0 Å². The minimum atomic E-state index is -3.13. The van der Waals surface area contributed by atoms with Gasteiger partial charge in [-0.2, -0.15) is 4.31 Å². The van der Waals surface area contributed by atoms with Crippen molar-refractivity contribution in [2.75, 3.05) is 19.6 Å². The van der Waals surface area contributed by atoms with Crippen molar-refractivity contribution in [3.05, 3.63) is 35.4 Å². The van der Waals surface area contributed by atoms with Gasteiger partial charge < -0.3 is 0 Å². The number of nitrogens with zero attached hydrogens (tertiary/aromatic N) is 2. The second-order valence-corrected chi connectivity index (χ2v) is 11.0. The third-order valence-electron chi connectivity index (χ3n) is 5.49. The summed E-state index contributed by atoms with van der Waals surface area (Å²) in [5.41, 5.74) is 2.61. The summed E-state index contributed by atoms with van der Waals surface area (Å²) in [6.07, 6.45) is 1.66. The Morgan fingerprint density at radius 1 is 1.08 bits per heavy atom. The fourth-order valence-electron chi connectivity index (χ4n) is 3.97. The van der Waals surface area contributed by atoms with Gasteiger partial charge >= 0.3 is 0 Å². The Labute approximate surface area is 153 Å². The van der Waals surface area contributed by atoms with Gasteiger partial charge in [0.1, 0.15) is 0 Å². The molecule has 0 bridgehead atoms. The summed E-state index contributed by atoms with van der Waals surface area (Å²) in [6.45, 7) is 13.1. The van der Waals surface area contributed by atoms with Crippen LogP contribution in [0.3, 0.4) is 0 Å². The molecule has 25 heavy (non-hydrogen) atoms. The van der Waals surface area contributed by atoms with Gasteiger partial charge in [0, 0.05) is 31.2 Å². The van der Waals surface area contributed by atoms with Gasteiger partial charge in [-0.25, -0.2) is 8.42 Å². The summed E-state index contributed by atoms with van der Waals surface area (Å²) in [6, 6.07) is 8.65. The van der Waals surface area contributed by atoms with E-state index in [1.54, 1.807) is 4.31 Å². The Bertz CT molecular complexity index is 717. The number of piperazine rings is 1. The van der Waals surface area contributed by atoms with Crippen molar-refractivity contribution < 1.29 is 8.42 Å². The molecule has 1 unspecified atom stereocenters. The van der Waals surface area contributed by atoms with Gasteiger partial charge in [-0.1, -0.05) is 38.1 Å². The molecule has 0 amide bonds. The standard InChI is InChI=1S/C20H32N2O2S/c1-15(2)17-8-6-7-9-18(17)19-14-21(25(23,24)16-10-11-16)12-13-22(19)20(3,4)5/h6-9,15-16,19H,10-14H2,1-5H3. The van der Waals surface area contributed by atoms with Gasteiger partial charge in [-0.05, 0) is 50.7 Å². The van der Waals surface area contributed by atoms with Crippen LogP contribution in [0.2, 0.25) is 0 Å². The zero-order valence-electron chi connectivity index (χ0n) is 16.2. The van der Waals surface area contributed by atoms with E-state index >= 15 is 0 Å². The van der Waals surface area contributed by atoms with Crippen molar-refractivity contribution in [1.29, 1.82) is 0 Å². The molecule has 2 aliphatic rings. The van der Waals surface area contributed by atoms with E-state index in [0.717, 1.165) is 19.4 Å². The van der Waals surface area contributed by atoms with E-state index in [2.05, 4.69) is 63.8 Å². The summed E-state index contributed by atoms with van der Waals surface area (Å²) in [5, 5.41) is -0.130. The van der Waals surface area contributed by atoms with Crippen LogP contribution in [0.5, 0.6) is 0 Å².